The van der Waals surface area contributed by atoms with E-state index in [1.54, 1.807) is 13.8 Å². The largest absolute Gasteiger partial charge is 0.300 e. The molecule has 0 aromatic rings. The van der Waals surface area contributed by atoms with Gasteiger partial charge in [-0.3, -0.25) is 0 Å². The Hall–Kier alpha value is 0.740. The summed E-state index contributed by atoms with van der Waals surface area (Å²) in [6.07, 6.45) is 10.1. The fourth-order valence-corrected chi connectivity index (χ4v) is 5.54. The molecule has 0 amide bonds. The van der Waals surface area contributed by atoms with Crippen molar-refractivity contribution in [3.8, 4) is 0 Å². The molecular weight excluding hydrogens is 376 g/mol. The zero-order valence-electron chi connectivity index (χ0n) is 15.2. The summed E-state index contributed by atoms with van der Waals surface area (Å²) in [5, 5.41) is 0.924. The Labute approximate surface area is 167 Å². The third kappa shape index (κ3) is 19.1. The van der Waals surface area contributed by atoms with Gasteiger partial charge in [0.1, 0.15) is 11.6 Å². The van der Waals surface area contributed by atoms with Crippen LogP contribution in [0.4, 0.5) is 0 Å². The Bertz CT molecular complexity index is 305. The van der Waals surface area contributed by atoms with Gasteiger partial charge in [0, 0.05) is 34.8 Å². The number of carbonyl (C=O) groups excluding carboxylic acids is 2. The maximum atomic E-state index is 10.9. The molecule has 0 saturated carbocycles. The molecule has 2 nitrogen and oxygen atoms in total. The van der Waals surface area contributed by atoms with Crippen molar-refractivity contribution in [3.63, 3.8) is 0 Å². The van der Waals surface area contributed by atoms with E-state index >= 15 is 0 Å². The van der Waals surface area contributed by atoms with Crippen molar-refractivity contribution < 1.29 is 9.59 Å². The molecular formula is C18H34O2S4. The maximum Gasteiger partial charge on any atom is 0.129 e. The van der Waals surface area contributed by atoms with E-state index in [1.165, 1.54) is 0 Å². The van der Waals surface area contributed by atoms with Crippen LogP contribution in [0.1, 0.15) is 78.1 Å². The monoisotopic (exact) mass is 410 g/mol. The maximum absolute atomic E-state index is 10.9. The highest BCUT2D eigenvalue weighted by Gasteiger charge is 2.06. The van der Waals surface area contributed by atoms with E-state index in [9.17, 15) is 9.59 Å². The molecule has 0 spiro atoms. The van der Waals surface area contributed by atoms with E-state index in [-0.39, 0.29) is 0 Å². The molecule has 24 heavy (non-hydrogen) atoms. The van der Waals surface area contributed by atoms with Gasteiger partial charge in [-0.25, -0.2) is 0 Å². The number of thiol groups is 2. The summed E-state index contributed by atoms with van der Waals surface area (Å²) in [7, 11) is 3.87. The Morgan fingerprint density at radius 3 is 1.42 bits per heavy atom. The SMILES string of the molecule is CC(=O)CCCCC(S)CCSSCCC(S)CCCCC(C)=O. The second kappa shape index (κ2) is 17.2. The Morgan fingerprint density at radius 2 is 1.08 bits per heavy atom. The third-order valence-electron chi connectivity index (χ3n) is 3.78. The van der Waals surface area contributed by atoms with Crippen LogP contribution in [0.2, 0.25) is 0 Å². The van der Waals surface area contributed by atoms with Crippen molar-refractivity contribution >= 4 is 58.4 Å². The highest BCUT2D eigenvalue weighted by Crippen LogP contribution is 2.27. The van der Waals surface area contributed by atoms with Crippen LogP contribution in [0, 0.1) is 0 Å². The molecule has 0 bridgehead atoms. The molecule has 0 N–H and O–H groups in total. The minimum Gasteiger partial charge on any atom is -0.300 e. The van der Waals surface area contributed by atoms with E-state index in [4.69, 9.17) is 0 Å². The lowest BCUT2D eigenvalue weighted by molar-refractivity contribution is -0.117. The van der Waals surface area contributed by atoms with Crippen molar-refractivity contribution in [1.29, 1.82) is 0 Å². The van der Waals surface area contributed by atoms with Gasteiger partial charge in [-0.1, -0.05) is 34.4 Å². The molecule has 0 aromatic carbocycles. The number of unbranched alkanes of at least 4 members (excludes halogenated alkanes) is 2. The van der Waals surface area contributed by atoms with Crippen LogP contribution in [-0.4, -0.2) is 33.6 Å². The number of ketones is 2. The number of hydrogen-bond donors (Lipinski definition) is 2. The Kier molecular flexibility index (Phi) is 17.7. The van der Waals surface area contributed by atoms with E-state index < -0.39 is 0 Å². The first-order chi connectivity index (χ1) is 11.4. The molecule has 0 aliphatic heterocycles. The average Bonchev–Trinajstić information content (AvgIpc) is 2.51. The minimum absolute atomic E-state index is 0.291. The highest BCUT2D eigenvalue weighted by molar-refractivity contribution is 8.76. The van der Waals surface area contributed by atoms with Crippen LogP contribution in [-0.2, 0) is 9.59 Å². The van der Waals surface area contributed by atoms with Crippen LogP contribution in [0.25, 0.3) is 0 Å². The molecule has 0 saturated heterocycles. The number of rotatable bonds is 17. The van der Waals surface area contributed by atoms with Crippen LogP contribution in [0.15, 0.2) is 0 Å². The second-order valence-electron chi connectivity index (χ2n) is 6.42. The fraction of sp³-hybridized carbons (Fsp3) is 0.889. The van der Waals surface area contributed by atoms with Gasteiger partial charge in [0.15, 0.2) is 0 Å². The molecule has 0 radical (unpaired) electrons. The summed E-state index contributed by atoms with van der Waals surface area (Å²) in [4.78, 5) is 21.7. The fourth-order valence-electron chi connectivity index (χ4n) is 2.28. The van der Waals surface area contributed by atoms with Gasteiger partial charge in [-0.2, -0.15) is 25.3 Å². The molecule has 2 atom stereocenters. The summed E-state index contributed by atoms with van der Waals surface area (Å²) >= 11 is 9.26. The van der Waals surface area contributed by atoms with Crippen molar-refractivity contribution in [1.82, 2.24) is 0 Å². The van der Waals surface area contributed by atoms with Crippen molar-refractivity contribution in [2.45, 2.75) is 88.6 Å². The van der Waals surface area contributed by atoms with Crippen LogP contribution < -0.4 is 0 Å². The average molecular weight is 411 g/mol. The molecule has 0 aliphatic rings. The molecule has 0 heterocycles. The van der Waals surface area contributed by atoms with E-state index in [0.29, 0.717) is 34.9 Å². The lowest BCUT2D eigenvalue weighted by atomic mass is 10.1. The summed E-state index contributed by atoms with van der Waals surface area (Å²) in [5.74, 6) is 2.86. The quantitative estimate of drug-likeness (QED) is 0.174. The van der Waals surface area contributed by atoms with Crippen LogP contribution >= 0.6 is 46.8 Å². The third-order valence-corrected chi connectivity index (χ3v) is 7.29. The molecule has 0 aliphatic carbocycles. The lowest BCUT2D eigenvalue weighted by Crippen LogP contribution is -2.02. The Morgan fingerprint density at radius 1 is 0.708 bits per heavy atom. The summed E-state index contributed by atoms with van der Waals surface area (Å²) in [6, 6.07) is 0. The van der Waals surface area contributed by atoms with Gasteiger partial charge in [-0.15, -0.1) is 0 Å². The summed E-state index contributed by atoms with van der Waals surface area (Å²) in [6.45, 7) is 3.32. The van der Waals surface area contributed by atoms with E-state index in [1.807, 2.05) is 21.6 Å². The molecule has 6 heteroatoms. The Balaban J connectivity index is 3.33. The zero-order chi connectivity index (χ0) is 18.2. The normalized spacial score (nSPS) is 13.7. The molecule has 0 rings (SSSR count). The van der Waals surface area contributed by atoms with Crippen LogP contribution in [0.5, 0.6) is 0 Å². The molecule has 2 unspecified atom stereocenters. The lowest BCUT2D eigenvalue weighted by Gasteiger charge is -2.11. The van der Waals surface area contributed by atoms with Crippen molar-refractivity contribution in [2.24, 2.45) is 0 Å². The smallest absolute Gasteiger partial charge is 0.129 e. The van der Waals surface area contributed by atoms with E-state index in [0.717, 1.165) is 62.9 Å². The first kappa shape index (κ1) is 24.7. The van der Waals surface area contributed by atoms with Gasteiger partial charge < -0.3 is 9.59 Å². The number of hydrogen-bond acceptors (Lipinski definition) is 6. The van der Waals surface area contributed by atoms with Crippen LogP contribution in [0.3, 0.4) is 0 Å². The van der Waals surface area contributed by atoms with Gasteiger partial charge in [0.05, 0.1) is 0 Å². The number of Topliss-reactive ketones (excluding diaryl/α,β-unsaturated/α-hetero) is 2. The summed E-state index contributed by atoms with van der Waals surface area (Å²) in [5.41, 5.74) is 0. The predicted molar refractivity (Wildman–Crippen MR) is 118 cm³/mol. The van der Waals surface area contributed by atoms with Crippen molar-refractivity contribution in [3.05, 3.63) is 0 Å². The van der Waals surface area contributed by atoms with Gasteiger partial charge in [0.25, 0.3) is 0 Å². The first-order valence-corrected chi connectivity index (χ1v) is 12.5. The van der Waals surface area contributed by atoms with Gasteiger partial charge in [0.2, 0.25) is 0 Å². The number of carbonyl (C=O) groups is 2. The second-order valence-corrected chi connectivity index (χ2v) is 10.6. The molecule has 0 aromatic heterocycles. The zero-order valence-corrected chi connectivity index (χ0v) is 18.6. The highest BCUT2D eigenvalue weighted by atomic mass is 33.1. The van der Waals surface area contributed by atoms with E-state index in [2.05, 4.69) is 25.3 Å². The van der Waals surface area contributed by atoms with Gasteiger partial charge in [-0.05, 0) is 52.4 Å². The predicted octanol–water partition coefficient (Wildman–Crippen LogP) is 6.04. The molecule has 0 fully saturated rings. The standard InChI is InChI=1S/C18H34O2S4/c1-15(19)7-3-5-9-17(21)11-13-23-24-14-12-18(22)10-6-4-8-16(2)20/h17-18,21-22H,3-14H2,1-2H3. The summed E-state index contributed by atoms with van der Waals surface area (Å²) < 4.78 is 0. The minimum atomic E-state index is 0.291. The molecule has 142 valence electrons. The van der Waals surface area contributed by atoms with Gasteiger partial charge >= 0.3 is 0 Å². The topological polar surface area (TPSA) is 34.1 Å². The first-order valence-electron chi connectivity index (χ1n) is 9.01. The van der Waals surface area contributed by atoms with Crippen molar-refractivity contribution in [2.75, 3.05) is 11.5 Å².